The molecule has 3 heteroatoms. The molecule has 292 valence electrons. The maximum absolute atomic E-state index is 13.9. The van der Waals surface area contributed by atoms with Crippen molar-refractivity contribution in [2.45, 2.75) is 58.3 Å². The van der Waals surface area contributed by atoms with Crippen LogP contribution in [0.4, 0.5) is 11.4 Å². The highest BCUT2D eigenvalue weighted by Crippen LogP contribution is 2.61. The number of rotatable bonds is 6. The zero-order valence-electron chi connectivity index (χ0n) is 34.5. The average molecular weight is 778 g/mol. The molecule has 2 aliphatic carbocycles. The van der Waals surface area contributed by atoms with Crippen LogP contribution in [0.2, 0.25) is 0 Å². The molecule has 1 spiro atoms. The van der Waals surface area contributed by atoms with Gasteiger partial charge in [0.05, 0.1) is 16.9 Å². The lowest BCUT2D eigenvalue weighted by molar-refractivity contribution is 0.0988. The first-order chi connectivity index (χ1) is 29.3. The van der Waals surface area contributed by atoms with Crippen LogP contribution >= 0.6 is 0 Å². The molecule has 0 saturated heterocycles. The molecule has 3 aliphatic rings. The van der Waals surface area contributed by atoms with E-state index in [0.29, 0.717) is 11.1 Å². The van der Waals surface area contributed by atoms with Gasteiger partial charge in [0.2, 0.25) is 0 Å². The molecule has 0 bridgehead atoms. The van der Waals surface area contributed by atoms with Crippen molar-refractivity contribution < 1.29 is 9.59 Å². The first kappa shape index (κ1) is 37.4. The summed E-state index contributed by atoms with van der Waals surface area (Å²) in [6.07, 6.45) is 9.36. The molecule has 7 aromatic rings. The van der Waals surface area contributed by atoms with E-state index >= 15 is 0 Å². The fraction of sp³-hybridized carbons (Fsp3) is 0.158. The molecule has 3 nitrogen and oxygen atoms in total. The average Bonchev–Trinajstić information content (AvgIpc) is 3.68. The molecule has 0 amide bonds. The van der Waals surface area contributed by atoms with Gasteiger partial charge in [0.25, 0.3) is 0 Å². The molecule has 7 aromatic carbocycles. The molecule has 0 unspecified atom stereocenters. The molecule has 1 heterocycles. The van der Waals surface area contributed by atoms with Gasteiger partial charge in [-0.15, -0.1) is 0 Å². The summed E-state index contributed by atoms with van der Waals surface area (Å²) in [4.78, 5) is 30.3. The number of Topliss-reactive ketones (excluding diaryl/α,β-unsaturated/α-hetero) is 2. The van der Waals surface area contributed by atoms with E-state index in [4.69, 9.17) is 0 Å². The number of benzene rings is 7. The summed E-state index contributed by atoms with van der Waals surface area (Å²) >= 11 is 0. The van der Waals surface area contributed by atoms with E-state index in [1.165, 1.54) is 56.6 Å². The van der Waals surface area contributed by atoms with E-state index in [0.717, 1.165) is 59.3 Å². The van der Waals surface area contributed by atoms with E-state index in [2.05, 4.69) is 165 Å². The lowest BCUT2D eigenvalue weighted by Gasteiger charge is -2.38. The van der Waals surface area contributed by atoms with Crippen molar-refractivity contribution in [2.24, 2.45) is 0 Å². The molecule has 0 radical (unpaired) electrons. The summed E-state index contributed by atoms with van der Waals surface area (Å²) in [5.74, 6) is -0.402. The third-order valence-corrected chi connectivity index (χ3v) is 13.0. The van der Waals surface area contributed by atoms with Crippen molar-refractivity contribution in [2.75, 3.05) is 4.90 Å². The van der Waals surface area contributed by atoms with Crippen LogP contribution in [0, 0.1) is 20.8 Å². The van der Waals surface area contributed by atoms with Gasteiger partial charge in [-0.1, -0.05) is 159 Å². The summed E-state index contributed by atoms with van der Waals surface area (Å²) < 4.78 is 0. The van der Waals surface area contributed by atoms with Gasteiger partial charge in [0.15, 0.2) is 11.6 Å². The van der Waals surface area contributed by atoms with Crippen LogP contribution in [-0.4, -0.2) is 11.6 Å². The summed E-state index contributed by atoms with van der Waals surface area (Å²) in [5.41, 5.74) is 18.6. The van der Waals surface area contributed by atoms with E-state index in [-0.39, 0.29) is 22.6 Å². The number of nitrogens with zero attached hydrogens (tertiary/aromatic N) is 1. The van der Waals surface area contributed by atoms with Crippen LogP contribution in [0.25, 0.3) is 44.5 Å². The molecule has 0 atom stereocenters. The predicted octanol–water partition coefficient (Wildman–Crippen LogP) is 14.5. The number of hydrogen-bond donors (Lipinski definition) is 0. The van der Waals surface area contributed by atoms with Crippen LogP contribution in [0.5, 0.6) is 0 Å². The standard InChI is InChI=1S/C57H47NO2/c1-37-33-39(3)53-51(36-37)58(52(57(53)31-13-6-14-32-57)30-29-48-55(59)46-19-11-12-20-47(46)56(48)60)54-49(44-25-21-42(22-26-44)40-15-7-4-8-16-40)34-38(2)35-50(54)45-27-23-43(24-28-45)41-17-9-5-10-18-41/h4-5,7-12,15-30,33-36H,6,13-14,31-32H2,1-3H3/b52-30+. The lowest BCUT2D eigenvalue weighted by atomic mass is 9.67. The SMILES string of the molecule is Cc1cc(-c2ccc(-c3ccccc3)cc2)c(N2/C(=C/C=C3C(=O)c4ccccc4C3=O)C3(CCCCC3)c3c(C)cc(C)cc32)c(-c2ccc(-c3ccccc3)cc2)c1. The predicted molar refractivity (Wildman–Crippen MR) is 247 cm³/mol. The Bertz CT molecular complexity index is 2730. The van der Waals surface area contributed by atoms with Crippen LogP contribution in [0.15, 0.2) is 181 Å². The minimum Gasteiger partial charge on any atom is -0.312 e. The monoisotopic (exact) mass is 777 g/mol. The molecule has 60 heavy (non-hydrogen) atoms. The summed E-state index contributed by atoms with van der Waals surface area (Å²) in [5, 5.41) is 0. The Hall–Kier alpha value is -6.84. The van der Waals surface area contributed by atoms with Crippen LogP contribution in [-0.2, 0) is 5.41 Å². The summed E-state index contributed by atoms with van der Waals surface area (Å²) in [7, 11) is 0. The van der Waals surface area contributed by atoms with Crippen LogP contribution in [0.1, 0.15) is 75.1 Å². The minimum atomic E-state index is -0.298. The van der Waals surface area contributed by atoms with E-state index < -0.39 is 0 Å². The zero-order valence-corrected chi connectivity index (χ0v) is 34.5. The first-order valence-electron chi connectivity index (χ1n) is 21.3. The maximum Gasteiger partial charge on any atom is 0.197 e. The highest BCUT2D eigenvalue weighted by molar-refractivity contribution is 6.39. The van der Waals surface area contributed by atoms with Crippen molar-refractivity contribution in [3.8, 4) is 44.5 Å². The Balaban J connectivity index is 1.25. The van der Waals surface area contributed by atoms with Gasteiger partial charge < -0.3 is 4.90 Å². The fourth-order valence-corrected chi connectivity index (χ4v) is 10.3. The number of carbonyl (C=O) groups is 2. The third kappa shape index (κ3) is 6.28. The second-order valence-electron chi connectivity index (χ2n) is 16.9. The number of fused-ring (bicyclic) bond motifs is 3. The Labute approximate surface area is 353 Å². The molecule has 10 rings (SSSR count). The zero-order chi connectivity index (χ0) is 41.0. The lowest BCUT2D eigenvalue weighted by Crippen LogP contribution is -2.32. The Morgan fingerprint density at radius 2 is 0.917 bits per heavy atom. The highest BCUT2D eigenvalue weighted by atomic mass is 16.2. The maximum atomic E-state index is 13.9. The van der Waals surface area contributed by atoms with Gasteiger partial charge in [-0.3, -0.25) is 9.59 Å². The Kier molecular flexibility index (Phi) is 9.41. The third-order valence-electron chi connectivity index (χ3n) is 13.0. The second-order valence-corrected chi connectivity index (χ2v) is 16.9. The quantitative estimate of drug-likeness (QED) is 0.125. The van der Waals surface area contributed by atoms with Crippen LogP contribution in [0.3, 0.4) is 0 Å². The van der Waals surface area contributed by atoms with Gasteiger partial charge in [0.1, 0.15) is 0 Å². The topological polar surface area (TPSA) is 37.4 Å². The number of anilines is 2. The van der Waals surface area contributed by atoms with Crippen molar-refractivity contribution in [1.29, 1.82) is 0 Å². The van der Waals surface area contributed by atoms with Crippen molar-refractivity contribution in [1.82, 2.24) is 0 Å². The smallest absolute Gasteiger partial charge is 0.197 e. The van der Waals surface area contributed by atoms with Crippen molar-refractivity contribution in [3.05, 3.63) is 215 Å². The van der Waals surface area contributed by atoms with E-state index in [9.17, 15) is 9.59 Å². The molecule has 1 fully saturated rings. The molecular weight excluding hydrogens is 731 g/mol. The van der Waals surface area contributed by atoms with E-state index in [1.807, 2.05) is 18.2 Å². The molecule has 1 saturated carbocycles. The second kappa shape index (κ2) is 15.1. The van der Waals surface area contributed by atoms with Gasteiger partial charge in [-0.05, 0) is 120 Å². The van der Waals surface area contributed by atoms with Crippen molar-refractivity contribution >= 4 is 22.9 Å². The number of allylic oxidation sites excluding steroid dienone is 4. The fourth-order valence-electron chi connectivity index (χ4n) is 10.3. The number of hydrogen-bond acceptors (Lipinski definition) is 3. The number of ketones is 2. The molecule has 0 N–H and O–H groups in total. The normalized spacial score (nSPS) is 16.1. The van der Waals surface area contributed by atoms with Gasteiger partial charge in [-0.2, -0.15) is 0 Å². The largest absolute Gasteiger partial charge is 0.312 e. The van der Waals surface area contributed by atoms with E-state index in [1.54, 1.807) is 12.1 Å². The van der Waals surface area contributed by atoms with Crippen molar-refractivity contribution in [3.63, 3.8) is 0 Å². The summed E-state index contributed by atoms with van der Waals surface area (Å²) in [6.45, 7) is 6.65. The first-order valence-corrected chi connectivity index (χ1v) is 21.3. The highest BCUT2D eigenvalue weighted by Gasteiger charge is 2.50. The molecule has 1 aliphatic heterocycles. The number of carbonyl (C=O) groups excluding carboxylic acids is 2. The van der Waals surface area contributed by atoms with Gasteiger partial charge in [-0.25, -0.2) is 0 Å². The Morgan fingerprint density at radius 3 is 1.43 bits per heavy atom. The Morgan fingerprint density at radius 1 is 0.467 bits per heavy atom. The van der Waals surface area contributed by atoms with Gasteiger partial charge in [0, 0.05) is 33.4 Å². The molecular formula is C57H47NO2. The van der Waals surface area contributed by atoms with Gasteiger partial charge >= 0.3 is 0 Å². The minimum absolute atomic E-state index is 0.201. The summed E-state index contributed by atoms with van der Waals surface area (Å²) in [6, 6.07) is 55.6. The molecule has 0 aromatic heterocycles. The van der Waals surface area contributed by atoms with Crippen LogP contribution < -0.4 is 4.90 Å². The number of aryl methyl sites for hydroxylation is 3.